The number of carboxylic acid groups (broad SMARTS) is 1. The third kappa shape index (κ3) is 8.05. The quantitative estimate of drug-likeness (QED) is 0.429. The van der Waals surface area contributed by atoms with Crippen LogP contribution in [0.2, 0.25) is 0 Å². The van der Waals surface area contributed by atoms with Crippen LogP contribution in [-0.4, -0.2) is 27.6 Å². The molecule has 1 fully saturated rings. The van der Waals surface area contributed by atoms with Gasteiger partial charge in [-0.05, 0) is 57.8 Å². The minimum Gasteiger partial charge on any atom is -0.479 e. The predicted molar refractivity (Wildman–Crippen MR) is 99.1 cm³/mol. The molecular formula is C21H34O4. The van der Waals surface area contributed by atoms with E-state index in [0.717, 1.165) is 57.8 Å². The lowest BCUT2D eigenvalue weighted by Gasteiger charge is -2.19. The molecule has 0 radical (unpaired) electrons. The highest BCUT2D eigenvalue weighted by molar-refractivity contribution is 5.83. The maximum atomic E-state index is 12.1. The molecule has 4 heteroatoms. The van der Waals surface area contributed by atoms with Crippen molar-refractivity contribution in [2.75, 3.05) is 0 Å². The first kappa shape index (κ1) is 21.7. The molecule has 1 aliphatic carbocycles. The lowest BCUT2D eigenvalue weighted by molar-refractivity contribution is -0.157. The molecule has 0 bridgehead atoms. The summed E-state index contributed by atoms with van der Waals surface area (Å²) in [6.45, 7) is 3.47. The molecule has 1 saturated carbocycles. The van der Waals surface area contributed by atoms with Gasteiger partial charge in [0.2, 0.25) is 0 Å². The molecule has 0 aromatic carbocycles. The van der Waals surface area contributed by atoms with Gasteiger partial charge >= 0.3 is 5.97 Å². The number of carboxylic acids is 1. The summed E-state index contributed by atoms with van der Waals surface area (Å²) in [5.41, 5.74) is -1.63. The van der Waals surface area contributed by atoms with Gasteiger partial charge in [-0.25, -0.2) is 4.79 Å². The van der Waals surface area contributed by atoms with Gasteiger partial charge in [-0.3, -0.25) is 4.79 Å². The molecule has 2 N–H and O–H groups in total. The van der Waals surface area contributed by atoms with E-state index in [2.05, 4.69) is 18.8 Å². The summed E-state index contributed by atoms with van der Waals surface area (Å²) in [6.07, 6.45) is 10.5. The Morgan fingerprint density at radius 3 is 2.56 bits per heavy atom. The van der Waals surface area contributed by atoms with Gasteiger partial charge < -0.3 is 10.2 Å². The molecule has 3 atom stereocenters. The van der Waals surface area contributed by atoms with Crippen molar-refractivity contribution >= 4 is 11.8 Å². The zero-order valence-electron chi connectivity index (χ0n) is 15.9. The second-order valence-electron chi connectivity index (χ2n) is 7.55. The maximum Gasteiger partial charge on any atom is 0.335 e. The Balaban J connectivity index is 2.25. The first-order valence-electron chi connectivity index (χ1n) is 9.82. The molecule has 1 aliphatic rings. The maximum absolute atomic E-state index is 12.1. The monoisotopic (exact) mass is 350 g/mol. The lowest BCUT2D eigenvalue weighted by atomic mass is 9.86. The molecule has 0 saturated heterocycles. The summed E-state index contributed by atoms with van der Waals surface area (Å²) in [4.78, 5) is 23.0. The van der Waals surface area contributed by atoms with Crippen molar-refractivity contribution in [1.29, 1.82) is 0 Å². The van der Waals surface area contributed by atoms with E-state index in [0.29, 0.717) is 24.5 Å². The third-order valence-corrected chi connectivity index (χ3v) is 5.26. The smallest absolute Gasteiger partial charge is 0.335 e. The van der Waals surface area contributed by atoms with Crippen molar-refractivity contribution in [3.63, 3.8) is 0 Å². The lowest BCUT2D eigenvalue weighted by Crippen LogP contribution is -2.34. The molecule has 4 nitrogen and oxygen atoms in total. The summed E-state index contributed by atoms with van der Waals surface area (Å²) in [5, 5.41) is 18.6. The summed E-state index contributed by atoms with van der Waals surface area (Å²) in [5.74, 6) is 6.31. The highest BCUT2D eigenvalue weighted by atomic mass is 16.4. The zero-order chi connectivity index (χ0) is 18.7. The van der Waals surface area contributed by atoms with E-state index >= 15 is 0 Å². The molecule has 0 amide bonds. The Labute approximate surface area is 152 Å². The predicted octanol–water partition coefficient (Wildman–Crippen LogP) is 4.34. The van der Waals surface area contributed by atoms with Crippen LogP contribution in [0.15, 0.2) is 0 Å². The van der Waals surface area contributed by atoms with Crippen molar-refractivity contribution < 1.29 is 19.8 Å². The van der Waals surface area contributed by atoms with Crippen LogP contribution in [0.5, 0.6) is 0 Å². The fourth-order valence-corrected chi connectivity index (χ4v) is 3.59. The van der Waals surface area contributed by atoms with Crippen molar-refractivity contribution in [2.24, 2.45) is 11.8 Å². The van der Waals surface area contributed by atoms with Gasteiger partial charge in [0, 0.05) is 25.2 Å². The molecule has 1 unspecified atom stereocenters. The number of Topliss-reactive ketones (excluding diaryl/α,β-unsaturated/α-hetero) is 1. The topological polar surface area (TPSA) is 74.6 Å². The number of hydrogen-bond donors (Lipinski definition) is 2. The second-order valence-corrected chi connectivity index (χ2v) is 7.55. The van der Waals surface area contributed by atoms with Crippen LogP contribution in [0, 0.1) is 23.7 Å². The Bertz CT molecular complexity index is 484. The summed E-state index contributed by atoms with van der Waals surface area (Å²) < 4.78 is 0. The summed E-state index contributed by atoms with van der Waals surface area (Å²) in [7, 11) is 0. The molecular weight excluding hydrogens is 316 g/mol. The van der Waals surface area contributed by atoms with Crippen LogP contribution >= 0.6 is 0 Å². The Morgan fingerprint density at radius 2 is 1.88 bits per heavy atom. The van der Waals surface area contributed by atoms with Crippen molar-refractivity contribution in [1.82, 2.24) is 0 Å². The van der Waals surface area contributed by atoms with Crippen molar-refractivity contribution in [3.05, 3.63) is 0 Å². The van der Waals surface area contributed by atoms with Gasteiger partial charge in [-0.15, -0.1) is 11.8 Å². The van der Waals surface area contributed by atoms with E-state index in [4.69, 9.17) is 5.11 Å². The van der Waals surface area contributed by atoms with Gasteiger partial charge in [0.25, 0.3) is 0 Å². The first-order valence-corrected chi connectivity index (χ1v) is 9.82. The number of unbranched alkanes of at least 4 members (excludes halogenated alkanes) is 4. The fourth-order valence-electron chi connectivity index (χ4n) is 3.59. The van der Waals surface area contributed by atoms with E-state index in [-0.39, 0.29) is 12.3 Å². The van der Waals surface area contributed by atoms with Crippen molar-refractivity contribution in [2.45, 2.75) is 96.5 Å². The van der Waals surface area contributed by atoms with Gasteiger partial charge in [-0.1, -0.05) is 19.8 Å². The van der Waals surface area contributed by atoms with Crippen molar-refractivity contribution in [3.8, 4) is 11.8 Å². The Hall–Kier alpha value is -1.34. The van der Waals surface area contributed by atoms with Crippen LogP contribution < -0.4 is 0 Å². The largest absolute Gasteiger partial charge is 0.479 e. The SMILES string of the molecule is CCCC#CCCC[C@H]1CCC(=O)[C@@H]1CCCCCC(C)(O)C(=O)O. The Kier molecular flexibility index (Phi) is 9.82. The van der Waals surface area contributed by atoms with Crippen LogP contribution in [0.4, 0.5) is 0 Å². The van der Waals surface area contributed by atoms with Gasteiger partial charge in [-0.2, -0.15) is 0 Å². The number of aliphatic carboxylic acids is 1. The molecule has 0 heterocycles. The molecule has 0 aliphatic heterocycles. The van der Waals surface area contributed by atoms with E-state index in [1.807, 2.05) is 0 Å². The number of aliphatic hydroxyl groups is 1. The highest BCUT2D eigenvalue weighted by Gasteiger charge is 2.33. The summed E-state index contributed by atoms with van der Waals surface area (Å²) in [6, 6.07) is 0. The average Bonchev–Trinajstić information content (AvgIpc) is 2.90. The standard InChI is InChI=1S/C21H34O4/c1-3-4-5-6-7-9-12-17-14-15-19(22)18(17)13-10-8-11-16-21(2,25)20(23)24/h17-18,25H,3-4,7-16H2,1-2H3,(H,23,24)/t17-,18+,21?/m0/s1. The van der Waals surface area contributed by atoms with Gasteiger partial charge in [0.1, 0.15) is 5.78 Å². The first-order chi connectivity index (χ1) is 11.9. The zero-order valence-corrected chi connectivity index (χ0v) is 15.9. The normalized spacial score (nSPS) is 22.3. The molecule has 142 valence electrons. The third-order valence-electron chi connectivity index (χ3n) is 5.26. The Morgan fingerprint density at radius 1 is 1.16 bits per heavy atom. The minimum absolute atomic E-state index is 0.184. The molecule has 0 aromatic heterocycles. The van der Waals surface area contributed by atoms with Crippen LogP contribution in [0.25, 0.3) is 0 Å². The van der Waals surface area contributed by atoms with E-state index in [9.17, 15) is 14.7 Å². The van der Waals surface area contributed by atoms with E-state index in [1.165, 1.54) is 6.92 Å². The molecule has 1 rings (SSSR count). The molecule has 0 aromatic rings. The van der Waals surface area contributed by atoms with Crippen LogP contribution in [-0.2, 0) is 9.59 Å². The number of ketones is 1. The van der Waals surface area contributed by atoms with Gasteiger partial charge in [0.15, 0.2) is 5.60 Å². The molecule has 0 spiro atoms. The van der Waals surface area contributed by atoms with Gasteiger partial charge in [0.05, 0.1) is 0 Å². The number of carbonyl (C=O) groups is 2. The number of carbonyl (C=O) groups excluding carboxylic acids is 1. The van der Waals surface area contributed by atoms with E-state index < -0.39 is 11.6 Å². The van der Waals surface area contributed by atoms with E-state index in [1.54, 1.807) is 0 Å². The highest BCUT2D eigenvalue weighted by Crippen LogP contribution is 2.36. The summed E-state index contributed by atoms with van der Waals surface area (Å²) >= 11 is 0. The molecule has 25 heavy (non-hydrogen) atoms. The average molecular weight is 350 g/mol. The van der Waals surface area contributed by atoms with Crippen LogP contribution in [0.1, 0.15) is 90.9 Å². The minimum atomic E-state index is -1.63. The second kappa shape index (κ2) is 11.3. The number of hydrogen-bond acceptors (Lipinski definition) is 3. The van der Waals surface area contributed by atoms with Crippen LogP contribution in [0.3, 0.4) is 0 Å². The fraction of sp³-hybridized carbons (Fsp3) is 0.810. The number of rotatable bonds is 11.